The standard InChI is InChI=1S/C18H13N3O6/c1-2-3-11-17(23)16-14(22)7-10(19-24)8-15(16)27-18(11)9-4-5-12(20-25)13(6-9)21-26/h4-8,22H,2-3H2,1H3. The summed E-state index contributed by atoms with van der Waals surface area (Å²) in [5.74, 6) is -0.255. The normalized spacial score (nSPS) is 10.7. The Morgan fingerprint density at radius 1 is 1.00 bits per heavy atom. The van der Waals surface area contributed by atoms with Crippen LogP contribution in [0.5, 0.6) is 5.75 Å². The molecular formula is C18H13N3O6. The number of hydrogen-bond donors (Lipinski definition) is 1. The van der Waals surface area contributed by atoms with E-state index in [2.05, 4.69) is 15.5 Å². The fourth-order valence-corrected chi connectivity index (χ4v) is 2.90. The van der Waals surface area contributed by atoms with Crippen molar-refractivity contribution in [2.45, 2.75) is 19.8 Å². The molecule has 0 fully saturated rings. The Morgan fingerprint density at radius 3 is 2.37 bits per heavy atom. The van der Waals surface area contributed by atoms with Gasteiger partial charge in [-0.05, 0) is 40.2 Å². The number of nitroso groups, excluding NO2 is 3. The van der Waals surface area contributed by atoms with Gasteiger partial charge in [0.2, 0.25) is 0 Å². The van der Waals surface area contributed by atoms with Gasteiger partial charge in [0.15, 0.2) is 5.43 Å². The smallest absolute Gasteiger partial charge is 0.200 e. The minimum Gasteiger partial charge on any atom is -0.507 e. The van der Waals surface area contributed by atoms with Crippen LogP contribution in [-0.4, -0.2) is 5.11 Å². The van der Waals surface area contributed by atoms with Crippen molar-refractivity contribution < 1.29 is 9.52 Å². The van der Waals surface area contributed by atoms with Crippen LogP contribution in [0.4, 0.5) is 17.1 Å². The maximum Gasteiger partial charge on any atom is 0.200 e. The van der Waals surface area contributed by atoms with Gasteiger partial charge in [-0.3, -0.25) is 4.79 Å². The lowest BCUT2D eigenvalue weighted by atomic mass is 10.00. The maximum atomic E-state index is 12.9. The van der Waals surface area contributed by atoms with E-state index in [0.29, 0.717) is 18.4 Å². The number of benzene rings is 2. The van der Waals surface area contributed by atoms with Crippen LogP contribution < -0.4 is 5.43 Å². The van der Waals surface area contributed by atoms with Crippen molar-refractivity contribution in [3.63, 3.8) is 0 Å². The van der Waals surface area contributed by atoms with E-state index in [1.165, 1.54) is 24.3 Å². The average Bonchev–Trinajstić information content (AvgIpc) is 2.68. The van der Waals surface area contributed by atoms with Crippen molar-refractivity contribution in [3.8, 4) is 17.1 Å². The fourth-order valence-electron chi connectivity index (χ4n) is 2.90. The minimum absolute atomic E-state index is 0.0253. The van der Waals surface area contributed by atoms with E-state index < -0.39 is 11.2 Å². The lowest BCUT2D eigenvalue weighted by Crippen LogP contribution is -2.11. The fraction of sp³-hybridized carbons (Fsp3) is 0.167. The number of phenols is 1. The second-order valence-corrected chi connectivity index (χ2v) is 5.80. The highest BCUT2D eigenvalue weighted by molar-refractivity contribution is 5.88. The molecular weight excluding hydrogens is 354 g/mol. The summed E-state index contributed by atoms with van der Waals surface area (Å²) in [6.07, 6.45) is 0.961. The molecule has 1 N–H and O–H groups in total. The van der Waals surface area contributed by atoms with Gasteiger partial charge in [-0.1, -0.05) is 13.3 Å². The second-order valence-electron chi connectivity index (χ2n) is 5.80. The number of nitrogens with zero attached hydrogens (tertiary/aromatic N) is 3. The zero-order chi connectivity index (χ0) is 19.6. The first kappa shape index (κ1) is 18.1. The molecule has 136 valence electrons. The molecule has 0 unspecified atom stereocenters. The number of hydrogen-bond acceptors (Lipinski definition) is 9. The number of rotatable bonds is 6. The Labute approximate surface area is 151 Å². The molecule has 9 nitrogen and oxygen atoms in total. The summed E-state index contributed by atoms with van der Waals surface area (Å²) in [7, 11) is 0. The first-order valence-corrected chi connectivity index (χ1v) is 8.01. The zero-order valence-corrected chi connectivity index (χ0v) is 14.1. The van der Waals surface area contributed by atoms with E-state index in [0.717, 1.165) is 6.07 Å². The lowest BCUT2D eigenvalue weighted by Gasteiger charge is -2.11. The van der Waals surface area contributed by atoms with Crippen molar-refractivity contribution in [1.82, 2.24) is 0 Å². The summed E-state index contributed by atoms with van der Waals surface area (Å²) >= 11 is 0. The van der Waals surface area contributed by atoms with E-state index in [-0.39, 0.29) is 39.4 Å². The van der Waals surface area contributed by atoms with Crippen molar-refractivity contribution in [2.75, 3.05) is 0 Å². The van der Waals surface area contributed by atoms with Gasteiger partial charge in [-0.2, -0.15) is 0 Å². The maximum absolute atomic E-state index is 12.9. The Kier molecular flexibility index (Phi) is 4.84. The van der Waals surface area contributed by atoms with E-state index in [1.54, 1.807) is 0 Å². The van der Waals surface area contributed by atoms with Gasteiger partial charge in [-0.15, -0.1) is 14.7 Å². The molecule has 1 heterocycles. The molecule has 0 saturated heterocycles. The summed E-state index contributed by atoms with van der Waals surface area (Å²) in [6, 6.07) is 6.37. The molecule has 0 radical (unpaired) electrons. The Balaban J connectivity index is 2.39. The molecule has 0 aliphatic carbocycles. The SMILES string of the molecule is CCCc1c(-c2ccc(N=O)c(N=O)c2)oc2cc(N=O)cc(O)c2c1=O. The van der Waals surface area contributed by atoms with Crippen molar-refractivity contribution >= 4 is 28.0 Å². The number of aromatic hydroxyl groups is 1. The molecule has 9 heteroatoms. The van der Waals surface area contributed by atoms with E-state index in [4.69, 9.17) is 4.42 Å². The highest BCUT2D eigenvalue weighted by Crippen LogP contribution is 2.37. The third-order valence-electron chi connectivity index (χ3n) is 4.09. The molecule has 0 spiro atoms. The monoisotopic (exact) mass is 367 g/mol. The van der Waals surface area contributed by atoms with Gasteiger partial charge in [0.1, 0.15) is 39.5 Å². The predicted molar refractivity (Wildman–Crippen MR) is 99.9 cm³/mol. The molecule has 3 aromatic rings. The van der Waals surface area contributed by atoms with E-state index >= 15 is 0 Å². The Bertz CT molecular complexity index is 1140. The molecule has 27 heavy (non-hydrogen) atoms. The van der Waals surface area contributed by atoms with Crippen LogP contribution in [0.15, 0.2) is 55.1 Å². The van der Waals surface area contributed by atoms with Gasteiger partial charge in [0.05, 0.1) is 0 Å². The third-order valence-corrected chi connectivity index (χ3v) is 4.09. The zero-order valence-electron chi connectivity index (χ0n) is 14.1. The second kappa shape index (κ2) is 7.24. The van der Waals surface area contributed by atoms with Crippen LogP contribution in [0.25, 0.3) is 22.3 Å². The molecule has 0 bridgehead atoms. The summed E-state index contributed by atoms with van der Waals surface area (Å²) in [5.41, 5.74) is -0.297. The molecule has 3 rings (SSSR count). The highest BCUT2D eigenvalue weighted by Gasteiger charge is 2.20. The van der Waals surface area contributed by atoms with Crippen LogP contribution in [0.3, 0.4) is 0 Å². The topological polar surface area (TPSA) is 139 Å². The molecule has 2 aromatic carbocycles. The van der Waals surface area contributed by atoms with Crippen molar-refractivity contribution in [3.05, 3.63) is 60.8 Å². The summed E-state index contributed by atoms with van der Waals surface area (Å²) in [5, 5.41) is 18.3. The Hall–Kier alpha value is -3.75. The van der Waals surface area contributed by atoms with Crippen LogP contribution in [0.1, 0.15) is 18.9 Å². The number of fused-ring (bicyclic) bond motifs is 1. The first-order valence-electron chi connectivity index (χ1n) is 8.01. The first-order chi connectivity index (χ1) is 13.0. The Morgan fingerprint density at radius 2 is 1.74 bits per heavy atom. The van der Waals surface area contributed by atoms with Gasteiger partial charge >= 0.3 is 0 Å². The van der Waals surface area contributed by atoms with Crippen molar-refractivity contribution in [2.24, 2.45) is 15.5 Å². The third kappa shape index (κ3) is 3.10. The van der Waals surface area contributed by atoms with E-state index in [9.17, 15) is 24.6 Å². The van der Waals surface area contributed by atoms with Gasteiger partial charge in [0.25, 0.3) is 0 Å². The summed E-state index contributed by atoms with van der Waals surface area (Å²) < 4.78 is 5.80. The van der Waals surface area contributed by atoms with Gasteiger partial charge in [-0.25, -0.2) is 0 Å². The molecule has 1 aromatic heterocycles. The predicted octanol–water partition coefficient (Wildman–Crippen LogP) is 5.31. The molecule has 0 aliphatic rings. The summed E-state index contributed by atoms with van der Waals surface area (Å²) in [4.78, 5) is 45.4. The van der Waals surface area contributed by atoms with Crippen molar-refractivity contribution in [1.29, 1.82) is 0 Å². The quantitative estimate of drug-likeness (QED) is 0.585. The highest BCUT2D eigenvalue weighted by atomic mass is 16.3. The molecule has 0 atom stereocenters. The molecule has 0 aliphatic heterocycles. The molecule has 0 saturated carbocycles. The van der Waals surface area contributed by atoms with Gasteiger partial charge < -0.3 is 9.52 Å². The van der Waals surface area contributed by atoms with Gasteiger partial charge in [0, 0.05) is 23.3 Å². The van der Waals surface area contributed by atoms with E-state index in [1.807, 2.05) is 6.92 Å². The lowest BCUT2D eigenvalue weighted by molar-refractivity contribution is 0.479. The summed E-state index contributed by atoms with van der Waals surface area (Å²) in [6.45, 7) is 1.87. The van der Waals surface area contributed by atoms with Crippen LogP contribution >= 0.6 is 0 Å². The largest absolute Gasteiger partial charge is 0.507 e. The van der Waals surface area contributed by atoms with Crippen LogP contribution in [0.2, 0.25) is 0 Å². The minimum atomic E-state index is -0.457. The van der Waals surface area contributed by atoms with Crippen LogP contribution in [0, 0.1) is 14.7 Å². The number of phenolic OH excluding ortho intramolecular Hbond substituents is 1. The molecule has 0 amide bonds. The average molecular weight is 367 g/mol. The van der Waals surface area contributed by atoms with Crippen LogP contribution in [-0.2, 0) is 6.42 Å².